The van der Waals surface area contributed by atoms with Gasteiger partial charge in [-0.2, -0.15) is 0 Å². The molecule has 26 heavy (non-hydrogen) atoms. The molecule has 1 aromatic heterocycles. The Bertz CT molecular complexity index is 878. The molecule has 9 heteroatoms. The number of hydrogen-bond donors (Lipinski definition) is 1. The zero-order chi connectivity index (χ0) is 18.7. The Morgan fingerprint density at radius 3 is 2.69 bits per heavy atom. The molecule has 1 atom stereocenters. The minimum Gasteiger partial charge on any atom is -0.360 e. The molecule has 3 rings (SSSR count). The van der Waals surface area contributed by atoms with E-state index in [2.05, 4.69) is 10.3 Å². The fourth-order valence-electron chi connectivity index (χ4n) is 2.95. The Morgan fingerprint density at radius 2 is 2.12 bits per heavy atom. The first-order chi connectivity index (χ1) is 12.3. The van der Waals surface area contributed by atoms with Crippen molar-refractivity contribution in [2.45, 2.75) is 42.8 Å². The Hall–Kier alpha value is -1.48. The fraction of sp³-hybridized carbons (Fsp3) is 0.412. The summed E-state index contributed by atoms with van der Waals surface area (Å²) in [5.41, 5.74) is 0.517. The van der Waals surface area contributed by atoms with Crippen LogP contribution in [0.4, 0.5) is 5.13 Å². The number of aromatic nitrogens is 1. The minimum absolute atomic E-state index is 0.00425. The highest BCUT2D eigenvalue weighted by Crippen LogP contribution is 2.32. The van der Waals surface area contributed by atoms with E-state index in [4.69, 9.17) is 16.3 Å². The molecular formula is C17H19ClN2O4S2. The molecule has 0 radical (unpaired) electrons. The average molecular weight is 415 g/mol. The van der Waals surface area contributed by atoms with E-state index < -0.39 is 15.9 Å². The normalized spacial score (nSPS) is 16.5. The summed E-state index contributed by atoms with van der Waals surface area (Å²) in [5, 5.41) is 5.06. The largest absolute Gasteiger partial charge is 0.360 e. The maximum atomic E-state index is 12.8. The van der Waals surface area contributed by atoms with Gasteiger partial charge in [0.2, 0.25) is 0 Å². The summed E-state index contributed by atoms with van der Waals surface area (Å²) in [6.07, 6.45) is 5.74. The highest BCUT2D eigenvalue weighted by molar-refractivity contribution is 7.90. The molecule has 1 unspecified atom stereocenters. The third-order valence-electron chi connectivity index (χ3n) is 4.19. The molecule has 1 aliphatic carbocycles. The molecule has 0 bridgehead atoms. The van der Waals surface area contributed by atoms with Crippen molar-refractivity contribution in [2.24, 2.45) is 0 Å². The maximum absolute atomic E-state index is 12.8. The van der Waals surface area contributed by atoms with Crippen molar-refractivity contribution in [1.82, 2.24) is 4.98 Å². The number of sulfone groups is 1. The number of hydrogen-bond acceptors (Lipinski definition) is 6. The lowest BCUT2D eigenvalue weighted by Gasteiger charge is -2.22. The quantitative estimate of drug-likeness (QED) is 0.776. The van der Waals surface area contributed by atoms with Gasteiger partial charge in [0.25, 0.3) is 5.91 Å². The molecule has 0 spiro atoms. The second kappa shape index (κ2) is 8.04. The van der Waals surface area contributed by atoms with Crippen molar-refractivity contribution < 1.29 is 17.9 Å². The Balaban J connectivity index is 1.89. The number of carbonyl (C=O) groups is 1. The van der Waals surface area contributed by atoms with E-state index in [9.17, 15) is 13.2 Å². The van der Waals surface area contributed by atoms with Crippen LogP contribution in [0.2, 0.25) is 5.02 Å². The lowest BCUT2D eigenvalue weighted by Crippen LogP contribution is -2.26. The number of ether oxygens (including phenoxy) is 1. The van der Waals surface area contributed by atoms with E-state index in [1.807, 2.05) is 0 Å². The van der Waals surface area contributed by atoms with Crippen LogP contribution in [0.25, 0.3) is 0 Å². The van der Waals surface area contributed by atoms with Gasteiger partial charge in [0.05, 0.1) is 16.0 Å². The van der Waals surface area contributed by atoms with Gasteiger partial charge in [-0.15, -0.1) is 11.3 Å². The molecule has 0 aliphatic heterocycles. The van der Waals surface area contributed by atoms with Crippen LogP contribution in [0.1, 0.15) is 37.4 Å². The maximum Gasteiger partial charge on any atom is 0.259 e. The van der Waals surface area contributed by atoms with Crippen molar-refractivity contribution in [3.63, 3.8) is 0 Å². The number of halogens is 1. The molecular weight excluding hydrogens is 396 g/mol. The van der Waals surface area contributed by atoms with Gasteiger partial charge in [-0.25, -0.2) is 13.4 Å². The molecule has 1 N–H and O–H groups in total. The van der Waals surface area contributed by atoms with E-state index >= 15 is 0 Å². The smallest absolute Gasteiger partial charge is 0.259 e. The van der Waals surface area contributed by atoms with Gasteiger partial charge in [0, 0.05) is 17.8 Å². The molecule has 2 aromatic rings. The predicted octanol–water partition coefficient (Wildman–Crippen LogP) is 3.84. The lowest BCUT2D eigenvalue weighted by atomic mass is 10.1. The number of thiazole rings is 1. The van der Waals surface area contributed by atoms with E-state index in [0.717, 1.165) is 31.9 Å². The first-order valence-electron chi connectivity index (χ1n) is 8.20. The number of benzene rings is 1. The standard InChI is InChI=1S/C17H19ClN2O4S2/c1-26(22,23)14-7-6-11(10-13(14)18)15(24-12-4-2-3-5-12)16(21)20-17-19-8-9-25-17/h6-10,12,15H,2-5H2,1H3,(H,19,20,21). The predicted molar refractivity (Wildman–Crippen MR) is 101 cm³/mol. The van der Waals surface area contributed by atoms with Crippen molar-refractivity contribution >= 4 is 43.8 Å². The Morgan fingerprint density at radius 1 is 1.38 bits per heavy atom. The van der Waals surface area contributed by atoms with Crippen LogP contribution in [-0.4, -0.2) is 31.7 Å². The van der Waals surface area contributed by atoms with Crippen molar-refractivity contribution in [1.29, 1.82) is 0 Å². The third kappa shape index (κ3) is 4.62. The van der Waals surface area contributed by atoms with Gasteiger partial charge in [0.15, 0.2) is 21.1 Å². The molecule has 140 valence electrons. The molecule has 1 amide bonds. The molecule has 1 aromatic carbocycles. The minimum atomic E-state index is -3.44. The van der Waals surface area contributed by atoms with Gasteiger partial charge in [0.1, 0.15) is 0 Å². The summed E-state index contributed by atoms with van der Waals surface area (Å²) in [6.45, 7) is 0. The Kier molecular flexibility index (Phi) is 5.96. The SMILES string of the molecule is CS(=O)(=O)c1ccc(C(OC2CCCC2)C(=O)Nc2nccs2)cc1Cl. The average Bonchev–Trinajstić information content (AvgIpc) is 3.24. The number of nitrogens with zero attached hydrogens (tertiary/aromatic N) is 1. The van der Waals surface area contributed by atoms with Gasteiger partial charge in [-0.05, 0) is 30.5 Å². The van der Waals surface area contributed by atoms with E-state index in [0.29, 0.717) is 10.7 Å². The second-order valence-electron chi connectivity index (χ2n) is 6.21. The zero-order valence-corrected chi connectivity index (χ0v) is 16.5. The van der Waals surface area contributed by atoms with E-state index in [1.54, 1.807) is 17.6 Å². The first kappa shape index (κ1) is 19.3. The number of nitrogens with one attached hydrogen (secondary N) is 1. The molecule has 1 aliphatic rings. The summed E-state index contributed by atoms with van der Waals surface area (Å²) in [4.78, 5) is 16.8. The topological polar surface area (TPSA) is 85.4 Å². The summed E-state index contributed by atoms with van der Waals surface area (Å²) in [6, 6.07) is 4.47. The van der Waals surface area contributed by atoms with Crippen molar-refractivity contribution in [3.05, 3.63) is 40.4 Å². The number of rotatable bonds is 6. The van der Waals surface area contributed by atoms with Crippen molar-refractivity contribution in [3.8, 4) is 0 Å². The molecule has 1 fully saturated rings. The fourth-order valence-corrected chi connectivity index (χ4v) is 4.82. The van der Waals surface area contributed by atoms with Gasteiger partial charge < -0.3 is 4.74 Å². The van der Waals surface area contributed by atoms with Gasteiger partial charge in [-0.3, -0.25) is 10.1 Å². The van der Waals surface area contributed by atoms with Crippen LogP contribution in [0, 0.1) is 0 Å². The van der Waals surface area contributed by atoms with Crippen LogP contribution in [0.5, 0.6) is 0 Å². The third-order valence-corrected chi connectivity index (χ3v) is 6.46. The van der Waals surface area contributed by atoms with Crippen LogP contribution >= 0.6 is 22.9 Å². The summed E-state index contributed by atoms with van der Waals surface area (Å²) in [5.74, 6) is -0.352. The lowest BCUT2D eigenvalue weighted by molar-refractivity contribution is -0.131. The number of amides is 1. The van der Waals surface area contributed by atoms with Crippen LogP contribution in [0.15, 0.2) is 34.7 Å². The van der Waals surface area contributed by atoms with E-state index in [-0.39, 0.29) is 21.9 Å². The van der Waals surface area contributed by atoms with Gasteiger partial charge >= 0.3 is 0 Å². The van der Waals surface area contributed by atoms with Crippen molar-refractivity contribution in [2.75, 3.05) is 11.6 Å². The van der Waals surface area contributed by atoms with Gasteiger partial charge in [-0.1, -0.05) is 30.5 Å². The van der Waals surface area contributed by atoms with Crippen LogP contribution in [0.3, 0.4) is 0 Å². The van der Waals surface area contributed by atoms with E-state index in [1.165, 1.54) is 23.5 Å². The molecule has 6 nitrogen and oxygen atoms in total. The molecule has 0 saturated heterocycles. The molecule has 1 heterocycles. The Labute approximate surface area is 161 Å². The monoisotopic (exact) mass is 414 g/mol. The van der Waals surface area contributed by atoms with Crippen LogP contribution < -0.4 is 5.32 Å². The zero-order valence-electron chi connectivity index (χ0n) is 14.1. The van der Waals surface area contributed by atoms with Crippen LogP contribution in [-0.2, 0) is 19.4 Å². The summed E-state index contributed by atoms with van der Waals surface area (Å²) < 4.78 is 29.6. The molecule has 1 saturated carbocycles. The highest BCUT2D eigenvalue weighted by atomic mass is 35.5. The highest BCUT2D eigenvalue weighted by Gasteiger charge is 2.28. The second-order valence-corrected chi connectivity index (χ2v) is 9.50. The summed E-state index contributed by atoms with van der Waals surface area (Å²) >= 11 is 7.46. The number of anilines is 1. The number of carbonyl (C=O) groups excluding carboxylic acids is 1. The summed E-state index contributed by atoms with van der Waals surface area (Å²) in [7, 11) is -3.44. The first-order valence-corrected chi connectivity index (χ1v) is 11.3.